The molecule has 1 saturated carbocycles. The highest BCUT2D eigenvalue weighted by atomic mass is 16.2. The molecule has 5 nitrogen and oxygen atoms in total. The van der Waals surface area contributed by atoms with Crippen LogP contribution >= 0.6 is 0 Å². The number of nitrogen functional groups attached to an aromatic ring is 1. The van der Waals surface area contributed by atoms with Crippen molar-refractivity contribution in [2.24, 2.45) is 11.3 Å². The number of hydrogen-bond donors (Lipinski definition) is 1. The van der Waals surface area contributed by atoms with Crippen molar-refractivity contribution in [1.29, 1.82) is 0 Å². The minimum absolute atomic E-state index is 0.149. The summed E-state index contributed by atoms with van der Waals surface area (Å²) < 4.78 is 0. The summed E-state index contributed by atoms with van der Waals surface area (Å²) in [4.78, 5) is 22.2. The molecule has 26 heavy (non-hydrogen) atoms. The summed E-state index contributed by atoms with van der Waals surface area (Å²) in [6.07, 6.45) is 11.6. The number of nitrogens with zero attached hydrogens (tertiary/aromatic N) is 3. The second-order valence-electron chi connectivity index (χ2n) is 8.65. The van der Waals surface area contributed by atoms with Gasteiger partial charge in [0.1, 0.15) is 5.82 Å². The Labute approximate surface area is 156 Å². The van der Waals surface area contributed by atoms with Gasteiger partial charge in [0.05, 0.1) is 5.41 Å². The number of carbonyl (C=O) groups excluding carboxylic acids is 1. The molecular weight excluding hydrogens is 324 g/mol. The van der Waals surface area contributed by atoms with Gasteiger partial charge in [-0.25, -0.2) is 4.98 Å². The van der Waals surface area contributed by atoms with Crippen LogP contribution in [0.15, 0.2) is 18.3 Å². The van der Waals surface area contributed by atoms with Crippen molar-refractivity contribution in [3.63, 3.8) is 0 Å². The number of pyridine rings is 1. The zero-order chi connectivity index (χ0) is 18.0. The zero-order valence-corrected chi connectivity index (χ0v) is 15.8. The lowest BCUT2D eigenvalue weighted by Gasteiger charge is -2.41. The Morgan fingerprint density at radius 3 is 2.81 bits per heavy atom. The summed E-state index contributed by atoms with van der Waals surface area (Å²) in [5, 5.41) is 0. The molecule has 1 amide bonds. The molecule has 1 aromatic rings. The van der Waals surface area contributed by atoms with Crippen LogP contribution in [0.1, 0.15) is 56.9 Å². The van der Waals surface area contributed by atoms with Crippen molar-refractivity contribution in [3.05, 3.63) is 23.9 Å². The first-order chi connectivity index (χ1) is 12.7. The lowest BCUT2D eigenvalue weighted by atomic mass is 9.77. The molecule has 3 heterocycles. The Kier molecular flexibility index (Phi) is 5.16. The molecule has 1 aliphatic carbocycles. The summed E-state index contributed by atoms with van der Waals surface area (Å²) in [5.74, 6) is 1.77. The largest absolute Gasteiger partial charge is 0.383 e. The molecule has 1 aromatic heterocycles. The van der Waals surface area contributed by atoms with E-state index < -0.39 is 0 Å². The van der Waals surface area contributed by atoms with Crippen molar-refractivity contribution >= 4 is 11.7 Å². The van der Waals surface area contributed by atoms with Crippen LogP contribution in [0.5, 0.6) is 0 Å². The van der Waals surface area contributed by atoms with Crippen molar-refractivity contribution in [2.45, 2.75) is 57.9 Å². The number of piperidine rings is 1. The summed E-state index contributed by atoms with van der Waals surface area (Å²) in [7, 11) is 0. The topological polar surface area (TPSA) is 62.5 Å². The number of nitrogens with two attached hydrogens (primary N) is 1. The van der Waals surface area contributed by atoms with Crippen molar-refractivity contribution in [2.75, 3.05) is 31.9 Å². The van der Waals surface area contributed by atoms with Crippen LogP contribution in [0.25, 0.3) is 0 Å². The van der Waals surface area contributed by atoms with E-state index in [0.717, 1.165) is 63.5 Å². The van der Waals surface area contributed by atoms with E-state index in [9.17, 15) is 4.79 Å². The number of anilines is 1. The van der Waals surface area contributed by atoms with Crippen LogP contribution < -0.4 is 5.73 Å². The standard InChI is InChI=1S/C21H32N4O/c22-19-18(8-4-11-23-19)15-24-13-10-21(16-24)9-5-12-25(20(21)26)14-17-6-2-1-3-7-17/h4,8,11,17H,1-3,5-7,9-10,12-16H2,(H2,22,23)/t21-/m0/s1. The molecule has 0 aromatic carbocycles. The van der Waals surface area contributed by atoms with Gasteiger partial charge in [-0.15, -0.1) is 0 Å². The number of aromatic nitrogens is 1. The molecule has 142 valence electrons. The summed E-state index contributed by atoms with van der Waals surface area (Å²) in [6, 6.07) is 3.99. The van der Waals surface area contributed by atoms with Crippen molar-refractivity contribution in [3.8, 4) is 0 Å². The van der Waals surface area contributed by atoms with Crippen LogP contribution in [0.2, 0.25) is 0 Å². The van der Waals surface area contributed by atoms with E-state index in [-0.39, 0.29) is 5.41 Å². The SMILES string of the molecule is Nc1ncccc1CN1CC[C@@]2(CCCN(CC3CCCCC3)C2=O)C1. The molecule has 1 spiro atoms. The first kappa shape index (κ1) is 17.8. The van der Waals surface area contributed by atoms with E-state index >= 15 is 0 Å². The Hall–Kier alpha value is -1.62. The van der Waals surface area contributed by atoms with E-state index in [1.54, 1.807) is 6.20 Å². The third-order valence-electron chi connectivity index (χ3n) is 6.78. The zero-order valence-electron chi connectivity index (χ0n) is 15.8. The number of carbonyl (C=O) groups is 1. The summed E-state index contributed by atoms with van der Waals surface area (Å²) in [5.41, 5.74) is 6.94. The van der Waals surface area contributed by atoms with Gasteiger partial charge in [-0.1, -0.05) is 25.3 Å². The van der Waals surface area contributed by atoms with Gasteiger partial charge >= 0.3 is 0 Å². The Bertz CT molecular complexity index is 643. The number of likely N-dealkylation sites (tertiary alicyclic amines) is 2. The van der Waals surface area contributed by atoms with Gasteiger partial charge in [-0.2, -0.15) is 0 Å². The number of hydrogen-bond acceptors (Lipinski definition) is 4. The molecule has 3 aliphatic rings. The van der Waals surface area contributed by atoms with Gasteiger partial charge in [0.2, 0.25) is 5.91 Å². The first-order valence-corrected chi connectivity index (χ1v) is 10.4. The molecular formula is C21H32N4O. The smallest absolute Gasteiger partial charge is 0.230 e. The molecule has 1 atom stereocenters. The van der Waals surface area contributed by atoms with Crippen LogP contribution in [0.3, 0.4) is 0 Å². The summed E-state index contributed by atoms with van der Waals surface area (Å²) >= 11 is 0. The van der Waals surface area contributed by atoms with E-state index in [4.69, 9.17) is 5.73 Å². The second-order valence-corrected chi connectivity index (χ2v) is 8.65. The van der Waals surface area contributed by atoms with E-state index in [0.29, 0.717) is 11.7 Å². The van der Waals surface area contributed by atoms with Gasteiger partial charge in [-0.05, 0) is 50.6 Å². The number of rotatable bonds is 4. The molecule has 0 bridgehead atoms. The highest BCUT2D eigenvalue weighted by Crippen LogP contribution is 2.41. The maximum Gasteiger partial charge on any atom is 0.230 e. The average molecular weight is 357 g/mol. The van der Waals surface area contributed by atoms with Crippen LogP contribution in [-0.4, -0.2) is 46.9 Å². The van der Waals surface area contributed by atoms with Gasteiger partial charge in [-0.3, -0.25) is 9.69 Å². The molecule has 5 heteroatoms. The third-order valence-corrected chi connectivity index (χ3v) is 6.78. The van der Waals surface area contributed by atoms with Crippen molar-refractivity contribution in [1.82, 2.24) is 14.8 Å². The fraction of sp³-hybridized carbons (Fsp3) is 0.714. The van der Waals surface area contributed by atoms with Crippen LogP contribution in [0.4, 0.5) is 5.82 Å². The van der Waals surface area contributed by atoms with Gasteiger partial charge < -0.3 is 10.6 Å². The van der Waals surface area contributed by atoms with Crippen molar-refractivity contribution < 1.29 is 4.79 Å². The summed E-state index contributed by atoms with van der Waals surface area (Å²) in [6.45, 7) is 4.62. The van der Waals surface area contributed by atoms with Crippen LogP contribution in [0, 0.1) is 11.3 Å². The lowest BCUT2D eigenvalue weighted by Crippen LogP contribution is -2.51. The molecule has 2 aliphatic heterocycles. The second kappa shape index (κ2) is 7.55. The predicted octanol–water partition coefficient (Wildman–Crippen LogP) is 3.06. The quantitative estimate of drug-likeness (QED) is 0.901. The van der Waals surface area contributed by atoms with Crippen LogP contribution in [-0.2, 0) is 11.3 Å². The minimum Gasteiger partial charge on any atom is -0.383 e. The normalized spacial score (nSPS) is 28.2. The Morgan fingerprint density at radius 1 is 1.15 bits per heavy atom. The van der Waals surface area contributed by atoms with E-state index in [2.05, 4.69) is 14.8 Å². The third kappa shape index (κ3) is 3.59. The molecule has 2 saturated heterocycles. The fourth-order valence-electron chi connectivity index (χ4n) is 5.31. The Balaban J connectivity index is 1.39. The van der Waals surface area contributed by atoms with Gasteiger partial charge in [0.25, 0.3) is 0 Å². The minimum atomic E-state index is -0.149. The molecule has 2 N–H and O–H groups in total. The maximum atomic E-state index is 13.4. The van der Waals surface area contributed by atoms with E-state index in [1.807, 2.05) is 12.1 Å². The molecule has 0 unspecified atom stereocenters. The molecule has 4 rings (SSSR count). The maximum absolute atomic E-state index is 13.4. The fourth-order valence-corrected chi connectivity index (χ4v) is 5.31. The lowest BCUT2D eigenvalue weighted by molar-refractivity contribution is -0.146. The Morgan fingerprint density at radius 2 is 2.00 bits per heavy atom. The predicted molar refractivity (Wildman–Crippen MR) is 103 cm³/mol. The molecule has 3 fully saturated rings. The first-order valence-electron chi connectivity index (χ1n) is 10.4. The number of amides is 1. The van der Waals surface area contributed by atoms with Gasteiger partial charge in [0, 0.05) is 37.9 Å². The van der Waals surface area contributed by atoms with E-state index in [1.165, 1.54) is 32.1 Å². The highest BCUT2D eigenvalue weighted by molar-refractivity contribution is 5.84. The molecule has 0 radical (unpaired) electrons. The average Bonchev–Trinajstić information content (AvgIpc) is 3.06. The highest BCUT2D eigenvalue weighted by Gasteiger charge is 2.48. The van der Waals surface area contributed by atoms with Gasteiger partial charge in [0.15, 0.2) is 0 Å². The monoisotopic (exact) mass is 356 g/mol.